The van der Waals surface area contributed by atoms with E-state index >= 15 is 0 Å². The van der Waals surface area contributed by atoms with Crippen LogP contribution in [-0.4, -0.2) is 48.3 Å². The third-order valence-electron chi connectivity index (χ3n) is 5.27. The van der Waals surface area contributed by atoms with Crippen molar-refractivity contribution in [2.75, 3.05) is 13.1 Å². The second kappa shape index (κ2) is 7.36. The van der Waals surface area contributed by atoms with Crippen LogP contribution in [0.25, 0.3) is 0 Å². The maximum absolute atomic E-state index is 12.8. The fourth-order valence-electron chi connectivity index (χ4n) is 3.71. The predicted octanol–water partition coefficient (Wildman–Crippen LogP) is 1.99. The summed E-state index contributed by atoms with van der Waals surface area (Å²) in [5.74, 6) is -1.59. The number of carboxylic acids is 1. The van der Waals surface area contributed by atoms with E-state index in [-0.39, 0.29) is 10.5 Å². The molecule has 1 heterocycles. The number of carbonyl (C=O) groups is 2. The van der Waals surface area contributed by atoms with Gasteiger partial charge in [-0.15, -0.1) is 0 Å². The molecule has 2 fully saturated rings. The molecule has 0 bridgehead atoms. The van der Waals surface area contributed by atoms with E-state index in [1.54, 1.807) is 0 Å². The SMILES string of the molecule is O=C(NC1(C(=O)O)CCCC1)c1cccc(S(=O)(=O)N2CCCCC2)c1. The molecule has 2 N–H and O–H groups in total. The van der Waals surface area contributed by atoms with Gasteiger partial charge in [-0.3, -0.25) is 4.79 Å². The number of carboxylic acid groups (broad SMARTS) is 1. The average molecular weight is 380 g/mol. The van der Waals surface area contributed by atoms with E-state index in [1.165, 1.54) is 28.6 Å². The zero-order chi connectivity index (χ0) is 18.8. The van der Waals surface area contributed by atoms with E-state index < -0.39 is 27.4 Å². The first-order valence-corrected chi connectivity index (χ1v) is 10.5. The molecule has 0 atom stereocenters. The molecule has 3 rings (SSSR count). The Morgan fingerprint density at radius 1 is 1.04 bits per heavy atom. The van der Waals surface area contributed by atoms with Crippen molar-refractivity contribution in [3.63, 3.8) is 0 Å². The average Bonchev–Trinajstić information content (AvgIpc) is 3.12. The third kappa shape index (κ3) is 3.61. The van der Waals surface area contributed by atoms with Crippen LogP contribution in [0.2, 0.25) is 0 Å². The van der Waals surface area contributed by atoms with Crippen LogP contribution in [0.15, 0.2) is 29.2 Å². The first kappa shape index (κ1) is 18.8. The van der Waals surface area contributed by atoms with Crippen molar-refractivity contribution in [2.45, 2.75) is 55.4 Å². The van der Waals surface area contributed by atoms with Gasteiger partial charge < -0.3 is 10.4 Å². The van der Waals surface area contributed by atoms with Crippen molar-refractivity contribution < 1.29 is 23.1 Å². The van der Waals surface area contributed by atoms with Crippen molar-refractivity contribution in [3.8, 4) is 0 Å². The van der Waals surface area contributed by atoms with Crippen LogP contribution in [0, 0.1) is 0 Å². The molecule has 7 nitrogen and oxygen atoms in total. The van der Waals surface area contributed by atoms with Crippen LogP contribution in [0.3, 0.4) is 0 Å². The van der Waals surface area contributed by atoms with E-state index in [9.17, 15) is 23.1 Å². The molecule has 8 heteroatoms. The lowest BCUT2D eigenvalue weighted by molar-refractivity contribution is -0.144. The largest absolute Gasteiger partial charge is 0.480 e. The number of carbonyl (C=O) groups excluding carboxylic acids is 1. The van der Waals surface area contributed by atoms with Gasteiger partial charge in [-0.1, -0.05) is 25.3 Å². The van der Waals surface area contributed by atoms with Gasteiger partial charge in [0.05, 0.1) is 4.90 Å². The number of nitrogens with zero attached hydrogens (tertiary/aromatic N) is 1. The van der Waals surface area contributed by atoms with Crippen molar-refractivity contribution in [3.05, 3.63) is 29.8 Å². The number of benzene rings is 1. The number of sulfonamides is 1. The molecule has 0 spiro atoms. The zero-order valence-corrected chi connectivity index (χ0v) is 15.4. The normalized spacial score (nSPS) is 20.6. The summed E-state index contributed by atoms with van der Waals surface area (Å²) in [6.07, 6.45) is 4.96. The maximum Gasteiger partial charge on any atom is 0.329 e. The molecule has 26 heavy (non-hydrogen) atoms. The highest BCUT2D eigenvalue weighted by Crippen LogP contribution is 2.30. The molecule has 1 aliphatic heterocycles. The zero-order valence-electron chi connectivity index (χ0n) is 14.6. The Morgan fingerprint density at radius 3 is 2.31 bits per heavy atom. The quantitative estimate of drug-likeness (QED) is 0.813. The Bertz CT molecular complexity index is 794. The highest BCUT2D eigenvalue weighted by atomic mass is 32.2. The Hall–Kier alpha value is -1.93. The summed E-state index contributed by atoms with van der Waals surface area (Å²) in [5.41, 5.74) is -1.09. The summed E-state index contributed by atoms with van der Waals surface area (Å²) in [6, 6.07) is 5.84. The first-order valence-electron chi connectivity index (χ1n) is 9.01. The van der Waals surface area contributed by atoms with Crippen LogP contribution >= 0.6 is 0 Å². The highest BCUT2D eigenvalue weighted by molar-refractivity contribution is 7.89. The molecule has 0 radical (unpaired) electrons. The Morgan fingerprint density at radius 2 is 1.69 bits per heavy atom. The van der Waals surface area contributed by atoms with E-state index in [1.807, 2.05) is 0 Å². The van der Waals surface area contributed by atoms with Gasteiger partial charge in [0.1, 0.15) is 5.54 Å². The fraction of sp³-hybridized carbons (Fsp3) is 0.556. The van der Waals surface area contributed by atoms with Gasteiger partial charge >= 0.3 is 5.97 Å². The Kier molecular flexibility index (Phi) is 5.34. The highest BCUT2D eigenvalue weighted by Gasteiger charge is 2.42. The van der Waals surface area contributed by atoms with E-state index in [4.69, 9.17) is 0 Å². The second-order valence-electron chi connectivity index (χ2n) is 7.04. The molecule has 1 aromatic carbocycles. The number of nitrogens with one attached hydrogen (secondary N) is 1. The fourth-order valence-corrected chi connectivity index (χ4v) is 5.28. The van der Waals surface area contributed by atoms with Crippen LogP contribution in [0.5, 0.6) is 0 Å². The lowest BCUT2D eigenvalue weighted by Gasteiger charge is -2.27. The van der Waals surface area contributed by atoms with Gasteiger partial charge in [0, 0.05) is 18.7 Å². The van der Waals surface area contributed by atoms with Crippen molar-refractivity contribution in [2.24, 2.45) is 0 Å². The predicted molar refractivity (Wildman–Crippen MR) is 95.4 cm³/mol. The molecule has 0 unspecified atom stereocenters. The van der Waals surface area contributed by atoms with Crippen LogP contribution in [-0.2, 0) is 14.8 Å². The van der Waals surface area contributed by atoms with Crippen LogP contribution in [0.4, 0.5) is 0 Å². The summed E-state index contributed by atoms with van der Waals surface area (Å²) in [5, 5.41) is 12.1. The minimum absolute atomic E-state index is 0.0721. The number of piperidine rings is 1. The number of hydrogen-bond donors (Lipinski definition) is 2. The molecule has 1 aliphatic carbocycles. The summed E-state index contributed by atoms with van der Waals surface area (Å²) in [6.45, 7) is 0.974. The van der Waals surface area contributed by atoms with E-state index in [2.05, 4.69) is 5.32 Å². The van der Waals surface area contributed by atoms with Gasteiger partial charge in [0.2, 0.25) is 10.0 Å². The molecule has 0 aromatic heterocycles. The number of rotatable bonds is 5. The standard InChI is InChI=1S/C18H24N2O5S/c21-16(19-18(17(22)23)9-2-3-10-18)14-7-6-8-15(13-14)26(24,25)20-11-4-1-5-12-20/h6-8,13H,1-5,9-12H2,(H,19,21)(H,22,23). The number of hydrogen-bond acceptors (Lipinski definition) is 4. The molecule has 1 amide bonds. The smallest absolute Gasteiger partial charge is 0.329 e. The van der Waals surface area contributed by atoms with Crippen LogP contribution < -0.4 is 5.32 Å². The summed E-state index contributed by atoms with van der Waals surface area (Å²) < 4.78 is 27.0. The Labute approximate surface area is 153 Å². The van der Waals surface area contributed by atoms with Crippen molar-refractivity contribution in [1.82, 2.24) is 9.62 Å². The molecular formula is C18H24N2O5S. The van der Waals surface area contributed by atoms with Crippen molar-refractivity contribution in [1.29, 1.82) is 0 Å². The van der Waals surface area contributed by atoms with Gasteiger partial charge in [-0.2, -0.15) is 4.31 Å². The lowest BCUT2D eigenvalue weighted by Crippen LogP contribution is -2.52. The summed E-state index contributed by atoms with van der Waals surface area (Å²) in [7, 11) is -3.64. The molecule has 1 saturated heterocycles. The third-order valence-corrected chi connectivity index (χ3v) is 7.16. The Balaban J connectivity index is 1.82. The van der Waals surface area contributed by atoms with Gasteiger partial charge in [0.25, 0.3) is 5.91 Å². The molecule has 1 aromatic rings. The topological polar surface area (TPSA) is 104 Å². The van der Waals surface area contributed by atoms with Gasteiger partial charge in [-0.05, 0) is 43.9 Å². The van der Waals surface area contributed by atoms with Gasteiger partial charge in [-0.25, -0.2) is 13.2 Å². The van der Waals surface area contributed by atoms with Gasteiger partial charge in [0.15, 0.2) is 0 Å². The monoisotopic (exact) mass is 380 g/mol. The lowest BCUT2D eigenvalue weighted by atomic mass is 9.97. The second-order valence-corrected chi connectivity index (χ2v) is 8.98. The minimum Gasteiger partial charge on any atom is -0.480 e. The number of aliphatic carboxylic acids is 1. The molecule has 142 valence electrons. The summed E-state index contributed by atoms with van der Waals surface area (Å²) >= 11 is 0. The molecule has 1 saturated carbocycles. The van der Waals surface area contributed by atoms with E-state index in [0.29, 0.717) is 25.9 Å². The van der Waals surface area contributed by atoms with Crippen LogP contribution in [0.1, 0.15) is 55.3 Å². The van der Waals surface area contributed by atoms with E-state index in [0.717, 1.165) is 32.1 Å². The molecular weight excluding hydrogens is 356 g/mol. The minimum atomic E-state index is -3.64. The first-order chi connectivity index (χ1) is 12.3. The summed E-state index contributed by atoms with van der Waals surface area (Å²) in [4.78, 5) is 24.3. The number of amides is 1. The van der Waals surface area contributed by atoms with Crippen molar-refractivity contribution >= 4 is 21.9 Å². The molecule has 2 aliphatic rings. The maximum atomic E-state index is 12.8.